The lowest BCUT2D eigenvalue weighted by atomic mass is 10.1. The highest BCUT2D eigenvalue weighted by Crippen LogP contribution is 2.15. The summed E-state index contributed by atoms with van der Waals surface area (Å²) in [4.78, 5) is 27.1. The number of carbonyl (C=O) groups excluding carboxylic acids is 2. The van der Waals surface area contributed by atoms with Gasteiger partial charge in [0.15, 0.2) is 6.61 Å². The van der Waals surface area contributed by atoms with Crippen molar-refractivity contribution in [2.24, 2.45) is 0 Å². The molecule has 2 amide bonds. The van der Waals surface area contributed by atoms with Crippen molar-refractivity contribution in [2.45, 2.75) is 59.2 Å². The molecule has 0 saturated carbocycles. The van der Waals surface area contributed by atoms with Crippen LogP contribution in [0.25, 0.3) is 0 Å². The van der Waals surface area contributed by atoms with Crippen LogP contribution in [0.15, 0.2) is 48.5 Å². The number of amides is 2. The number of rotatable bonds is 8. The Morgan fingerprint density at radius 1 is 1.03 bits per heavy atom. The molecular weight excluding hydrogens is 383 g/mol. The van der Waals surface area contributed by atoms with E-state index in [1.807, 2.05) is 45.0 Å². The fourth-order valence-electron chi connectivity index (χ4n) is 2.89. The van der Waals surface area contributed by atoms with E-state index in [-0.39, 0.29) is 30.8 Å². The Labute approximate surface area is 178 Å². The van der Waals surface area contributed by atoms with E-state index in [0.29, 0.717) is 5.75 Å². The van der Waals surface area contributed by atoms with E-state index in [9.17, 15) is 14.0 Å². The number of benzene rings is 2. The van der Waals surface area contributed by atoms with E-state index in [2.05, 4.69) is 12.2 Å². The van der Waals surface area contributed by atoms with Gasteiger partial charge in [-0.05, 0) is 69.5 Å². The van der Waals surface area contributed by atoms with Gasteiger partial charge in [0, 0.05) is 12.1 Å². The smallest absolute Gasteiger partial charge is 0.261 e. The number of nitrogens with zero attached hydrogens (tertiary/aromatic N) is 1. The first kappa shape index (κ1) is 23.4. The topological polar surface area (TPSA) is 58.6 Å². The van der Waals surface area contributed by atoms with Crippen molar-refractivity contribution in [3.05, 3.63) is 65.5 Å². The molecule has 0 aliphatic rings. The molecule has 0 aliphatic heterocycles. The predicted molar refractivity (Wildman–Crippen MR) is 116 cm³/mol. The zero-order valence-electron chi connectivity index (χ0n) is 18.4. The van der Waals surface area contributed by atoms with E-state index in [1.165, 1.54) is 22.6 Å². The molecule has 2 aromatic rings. The molecule has 6 heteroatoms. The first-order valence-corrected chi connectivity index (χ1v) is 10.2. The maximum Gasteiger partial charge on any atom is 0.261 e. The number of carbonyl (C=O) groups is 2. The van der Waals surface area contributed by atoms with Gasteiger partial charge in [0.2, 0.25) is 5.91 Å². The summed E-state index contributed by atoms with van der Waals surface area (Å²) in [5.74, 6) is -0.344. The second-order valence-electron chi connectivity index (χ2n) is 8.35. The van der Waals surface area contributed by atoms with Crippen LogP contribution in [0.4, 0.5) is 4.39 Å². The van der Waals surface area contributed by atoms with Gasteiger partial charge in [-0.25, -0.2) is 4.39 Å². The molecule has 162 valence electrons. The van der Waals surface area contributed by atoms with E-state index in [4.69, 9.17) is 4.74 Å². The second kappa shape index (κ2) is 10.2. The number of aryl methyl sites for hydroxylation is 1. The van der Waals surface area contributed by atoms with Crippen LogP contribution in [0, 0.1) is 5.82 Å². The normalized spacial score (nSPS) is 12.2. The number of hydrogen-bond donors (Lipinski definition) is 1. The molecule has 0 fully saturated rings. The van der Waals surface area contributed by atoms with E-state index >= 15 is 0 Å². The Balaban J connectivity index is 2.14. The van der Waals surface area contributed by atoms with Gasteiger partial charge in [0.1, 0.15) is 17.6 Å². The maximum absolute atomic E-state index is 13.3. The minimum absolute atomic E-state index is 0.177. The summed E-state index contributed by atoms with van der Waals surface area (Å²) in [5.41, 5.74) is 1.49. The van der Waals surface area contributed by atoms with Crippen LogP contribution in [-0.4, -0.2) is 34.9 Å². The molecule has 0 unspecified atom stereocenters. The summed E-state index contributed by atoms with van der Waals surface area (Å²) in [6, 6.07) is 12.7. The maximum atomic E-state index is 13.3. The molecule has 2 rings (SSSR count). The van der Waals surface area contributed by atoms with Crippen LogP contribution < -0.4 is 10.1 Å². The lowest BCUT2D eigenvalue weighted by Gasteiger charge is -2.31. The molecule has 1 atom stereocenters. The van der Waals surface area contributed by atoms with Crippen LogP contribution in [0.5, 0.6) is 5.75 Å². The molecule has 0 radical (unpaired) electrons. The van der Waals surface area contributed by atoms with Crippen molar-refractivity contribution in [1.29, 1.82) is 0 Å². The van der Waals surface area contributed by atoms with Gasteiger partial charge >= 0.3 is 0 Å². The third-order valence-corrected chi connectivity index (χ3v) is 4.63. The van der Waals surface area contributed by atoms with Crippen LogP contribution in [0.2, 0.25) is 0 Å². The number of nitrogens with one attached hydrogen (secondary N) is 1. The average molecular weight is 415 g/mol. The van der Waals surface area contributed by atoms with Gasteiger partial charge in [-0.2, -0.15) is 0 Å². The Morgan fingerprint density at radius 2 is 1.60 bits per heavy atom. The Morgan fingerprint density at radius 3 is 2.13 bits per heavy atom. The quantitative estimate of drug-likeness (QED) is 0.708. The molecule has 0 spiro atoms. The lowest BCUT2D eigenvalue weighted by Crippen LogP contribution is -2.53. The average Bonchev–Trinajstić information content (AvgIpc) is 2.70. The van der Waals surface area contributed by atoms with Crippen LogP contribution in [0.1, 0.15) is 45.7 Å². The summed E-state index contributed by atoms with van der Waals surface area (Å²) in [6.07, 6.45) is 0.922. The minimum atomic E-state index is -0.715. The van der Waals surface area contributed by atoms with Crippen LogP contribution in [0.3, 0.4) is 0 Å². The fraction of sp³-hybridized carbons (Fsp3) is 0.417. The van der Waals surface area contributed by atoms with Gasteiger partial charge in [-0.3, -0.25) is 9.59 Å². The van der Waals surface area contributed by atoms with Crippen molar-refractivity contribution in [3.8, 4) is 5.75 Å². The molecular formula is C24H31FN2O3. The molecule has 0 heterocycles. The predicted octanol–water partition coefficient (Wildman–Crippen LogP) is 4.10. The Bertz CT molecular complexity index is 842. The van der Waals surface area contributed by atoms with Crippen LogP contribution in [-0.2, 0) is 22.6 Å². The molecule has 30 heavy (non-hydrogen) atoms. The number of ether oxygens (including phenoxy) is 1. The first-order chi connectivity index (χ1) is 14.1. The first-order valence-electron chi connectivity index (χ1n) is 10.2. The zero-order chi connectivity index (χ0) is 22.3. The van der Waals surface area contributed by atoms with Crippen molar-refractivity contribution < 1.29 is 18.7 Å². The lowest BCUT2D eigenvalue weighted by molar-refractivity contribution is -0.142. The third-order valence-electron chi connectivity index (χ3n) is 4.63. The summed E-state index contributed by atoms with van der Waals surface area (Å²) in [7, 11) is 0. The van der Waals surface area contributed by atoms with Gasteiger partial charge in [0.25, 0.3) is 5.91 Å². The van der Waals surface area contributed by atoms with Crippen molar-refractivity contribution >= 4 is 11.8 Å². The highest BCUT2D eigenvalue weighted by atomic mass is 19.1. The second-order valence-corrected chi connectivity index (χ2v) is 8.35. The number of hydrogen-bond acceptors (Lipinski definition) is 3. The van der Waals surface area contributed by atoms with Gasteiger partial charge in [0.05, 0.1) is 0 Å². The Hall–Kier alpha value is -2.89. The largest absolute Gasteiger partial charge is 0.484 e. The summed E-state index contributed by atoms with van der Waals surface area (Å²) >= 11 is 0. The molecule has 1 N–H and O–H groups in total. The van der Waals surface area contributed by atoms with Crippen molar-refractivity contribution in [3.63, 3.8) is 0 Å². The molecule has 2 aromatic carbocycles. The van der Waals surface area contributed by atoms with Gasteiger partial charge in [-0.1, -0.05) is 31.2 Å². The zero-order valence-corrected chi connectivity index (χ0v) is 18.4. The standard InChI is InChI=1S/C24H31FN2O3/c1-6-18-9-13-21(14-10-18)30-16-22(28)27(15-19-7-11-20(25)12-8-19)17(2)23(29)26-24(3,4)5/h7-14,17H,6,15-16H2,1-5H3,(H,26,29)/t17-/m0/s1. The highest BCUT2D eigenvalue weighted by Gasteiger charge is 2.28. The third kappa shape index (κ3) is 7.17. The van der Waals surface area contributed by atoms with Gasteiger partial charge in [-0.15, -0.1) is 0 Å². The molecule has 5 nitrogen and oxygen atoms in total. The Kier molecular flexibility index (Phi) is 7.98. The van der Waals surface area contributed by atoms with Crippen LogP contribution >= 0.6 is 0 Å². The van der Waals surface area contributed by atoms with Gasteiger partial charge < -0.3 is 15.0 Å². The summed E-state index contributed by atoms with van der Waals surface area (Å²) in [6.45, 7) is 9.37. The van der Waals surface area contributed by atoms with E-state index < -0.39 is 11.6 Å². The van der Waals surface area contributed by atoms with E-state index in [1.54, 1.807) is 19.1 Å². The summed E-state index contributed by atoms with van der Waals surface area (Å²) < 4.78 is 18.9. The summed E-state index contributed by atoms with van der Waals surface area (Å²) in [5, 5.41) is 2.90. The van der Waals surface area contributed by atoms with Crippen molar-refractivity contribution in [2.75, 3.05) is 6.61 Å². The minimum Gasteiger partial charge on any atom is -0.484 e. The monoisotopic (exact) mass is 414 g/mol. The molecule has 0 aromatic heterocycles. The molecule has 0 aliphatic carbocycles. The number of halogens is 1. The highest BCUT2D eigenvalue weighted by molar-refractivity contribution is 5.88. The van der Waals surface area contributed by atoms with Crippen molar-refractivity contribution in [1.82, 2.24) is 10.2 Å². The molecule has 0 bridgehead atoms. The SMILES string of the molecule is CCc1ccc(OCC(=O)N(Cc2ccc(F)cc2)[C@@H](C)C(=O)NC(C)(C)C)cc1. The molecule has 0 saturated heterocycles. The van der Waals surface area contributed by atoms with E-state index in [0.717, 1.165) is 12.0 Å². The fourth-order valence-corrected chi connectivity index (χ4v) is 2.89.